The SMILES string of the molecule is Cc1nnc(CNC(C2CCCC2)C2CCCC2)o1. The third-order valence-corrected chi connectivity index (χ3v) is 4.87. The molecule has 0 atom stereocenters. The van der Waals surface area contributed by atoms with E-state index in [9.17, 15) is 0 Å². The Kier molecular flexibility index (Phi) is 4.16. The second-order valence-electron chi connectivity index (χ2n) is 6.21. The van der Waals surface area contributed by atoms with Gasteiger partial charge < -0.3 is 9.73 Å². The number of nitrogens with zero attached hydrogens (tertiary/aromatic N) is 2. The predicted molar refractivity (Wildman–Crippen MR) is 73.6 cm³/mol. The third-order valence-electron chi connectivity index (χ3n) is 4.87. The van der Waals surface area contributed by atoms with Gasteiger partial charge in [0.25, 0.3) is 0 Å². The summed E-state index contributed by atoms with van der Waals surface area (Å²) < 4.78 is 5.47. The molecule has 3 rings (SSSR count). The Morgan fingerprint density at radius 3 is 2.11 bits per heavy atom. The molecule has 0 unspecified atom stereocenters. The maximum absolute atomic E-state index is 5.47. The summed E-state index contributed by atoms with van der Waals surface area (Å²) >= 11 is 0. The van der Waals surface area contributed by atoms with E-state index in [4.69, 9.17) is 4.42 Å². The molecule has 0 amide bonds. The lowest BCUT2D eigenvalue weighted by molar-refractivity contribution is 0.250. The molecule has 1 aromatic rings. The highest BCUT2D eigenvalue weighted by molar-refractivity contribution is 4.90. The first-order valence-corrected chi connectivity index (χ1v) is 7.85. The van der Waals surface area contributed by atoms with Crippen molar-refractivity contribution in [3.63, 3.8) is 0 Å². The maximum Gasteiger partial charge on any atom is 0.230 e. The van der Waals surface area contributed by atoms with Crippen LogP contribution in [0.2, 0.25) is 0 Å². The van der Waals surface area contributed by atoms with Gasteiger partial charge in [0.1, 0.15) is 0 Å². The smallest absolute Gasteiger partial charge is 0.230 e. The lowest BCUT2D eigenvalue weighted by Gasteiger charge is -2.30. The van der Waals surface area contributed by atoms with E-state index < -0.39 is 0 Å². The van der Waals surface area contributed by atoms with Crippen LogP contribution in [0.1, 0.15) is 63.1 Å². The molecular weight excluding hydrogens is 238 g/mol. The van der Waals surface area contributed by atoms with Gasteiger partial charge in [-0.2, -0.15) is 0 Å². The van der Waals surface area contributed by atoms with Gasteiger partial charge in [0, 0.05) is 13.0 Å². The van der Waals surface area contributed by atoms with Gasteiger partial charge in [-0.15, -0.1) is 10.2 Å². The molecule has 4 nitrogen and oxygen atoms in total. The van der Waals surface area contributed by atoms with Crippen LogP contribution < -0.4 is 5.32 Å². The minimum Gasteiger partial charge on any atom is -0.424 e. The van der Waals surface area contributed by atoms with Crippen LogP contribution in [0.4, 0.5) is 0 Å². The largest absolute Gasteiger partial charge is 0.424 e. The zero-order valence-corrected chi connectivity index (χ0v) is 11.9. The van der Waals surface area contributed by atoms with Gasteiger partial charge in [-0.05, 0) is 37.5 Å². The molecule has 2 aliphatic rings. The van der Waals surface area contributed by atoms with E-state index in [0.29, 0.717) is 11.9 Å². The van der Waals surface area contributed by atoms with Crippen LogP contribution in [-0.2, 0) is 6.54 Å². The monoisotopic (exact) mass is 263 g/mol. The number of hydrogen-bond donors (Lipinski definition) is 1. The Hall–Kier alpha value is -0.900. The third kappa shape index (κ3) is 3.16. The number of aromatic nitrogens is 2. The molecule has 2 fully saturated rings. The summed E-state index contributed by atoms with van der Waals surface area (Å²) in [7, 11) is 0. The average Bonchev–Trinajstić information content (AvgIpc) is 3.11. The van der Waals surface area contributed by atoms with Gasteiger partial charge in [-0.25, -0.2) is 0 Å². The van der Waals surface area contributed by atoms with Gasteiger partial charge in [-0.3, -0.25) is 0 Å². The average molecular weight is 263 g/mol. The minimum absolute atomic E-state index is 0.662. The van der Waals surface area contributed by atoms with Gasteiger partial charge in [0.2, 0.25) is 11.8 Å². The first-order valence-electron chi connectivity index (χ1n) is 7.85. The van der Waals surface area contributed by atoms with Crippen LogP contribution in [0.5, 0.6) is 0 Å². The van der Waals surface area contributed by atoms with Crippen LogP contribution in [0, 0.1) is 18.8 Å². The van der Waals surface area contributed by atoms with E-state index in [1.807, 2.05) is 6.92 Å². The van der Waals surface area contributed by atoms with Gasteiger partial charge >= 0.3 is 0 Å². The molecule has 0 aliphatic heterocycles. The molecule has 2 aliphatic carbocycles. The highest BCUT2D eigenvalue weighted by atomic mass is 16.4. The molecule has 2 saturated carbocycles. The molecule has 4 heteroatoms. The summed E-state index contributed by atoms with van der Waals surface area (Å²) in [5.74, 6) is 3.13. The molecule has 1 N–H and O–H groups in total. The number of aryl methyl sites for hydroxylation is 1. The molecule has 19 heavy (non-hydrogen) atoms. The summed E-state index contributed by atoms with van der Waals surface area (Å²) in [6, 6.07) is 0.664. The summed E-state index contributed by atoms with van der Waals surface area (Å²) in [6.45, 7) is 2.58. The first kappa shape index (κ1) is 13.1. The Morgan fingerprint density at radius 1 is 1.05 bits per heavy atom. The molecule has 0 radical (unpaired) electrons. The van der Waals surface area contributed by atoms with Crippen LogP contribution in [0.3, 0.4) is 0 Å². The Balaban J connectivity index is 1.61. The number of rotatable bonds is 5. The molecule has 1 aromatic heterocycles. The van der Waals surface area contributed by atoms with Crippen LogP contribution in [-0.4, -0.2) is 16.2 Å². The molecular formula is C15H25N3O. The molecule has 106 valence electrons. The van der Waals surface area contributed by atoms with E-state index in [0.717, 1.165) is 24.3 Å². The van der Waals surface area contributed by atoms with Crippen molar-refractivity contribution in [1.29, 1.82) is 0 Å². The molecule has 0 spiro atoms. The van der Waals surface area contributed by atoms with Gasteiger partial charge in [0.05, 0.1) is 6.54 Å². The second-order valence-corrected chi connectivity index (χ2v) is 6.21. The normalized spacial score (nSPS) is 21.8. The second kappa shape index (κ2) is 6.04. The molecule has 0 aromatic carbocycles. The summed E-state index contributed by atoms with van der Waals surface area (Å²) in [6.07, 6.45) is 11.2. The molecule has 0 bridgehead atoms. The Labute approximate surface area is 115 Å². The first-order chi connectivity index (χ1) is 9.33. The summed E-state index contributed by atoms with van der Waals surface area (Å²) in [4.78, 5) is 0. The van der Waals surface area contributed by atoms with Crippen molar-refractivity contribution in [1.82, 2.24) is 15.5 Å². The van der Waals surface area contributed by atoms with Crippen molar-refractivity contribution in [3.05, 3.63) is 11.8 Å². The highest BCUT2D eigenvalue weighted by Gasteiger charge is 2.32. The quantitative estimate of drug-likeness (QED) is 0.886. The van der Waals surface area contributed by atoms with Crippen LogP contribution >= 0.6 is 0 Å². The van der Waals surface area contributed by atoms with E-state index in [2.05, 4.69) is 15.5 Å². The van der Waals surface area contributed by atoms with E-state index in [1.165, 1.54) is 51.4 Å². The zero-order valence-electron chi connectivity index (χ0n) is 11.9. The predicted octanol–water partition coefficient (Wildman–Crippen LogP) is 3.22. The standard InChI is InChI=1S/C15H25N3O/c1-11-17-18-14(19-11)10-16-15(12-6-2-3-7-12)13-8-4-5-9-13/h12-13,15-16H,2-10H2,1H3. The number of nitrogens with one attached hydrogen (secondary N) is 1. The van der Waals surface area contributed by atoms with E-state index >= 15 is 0 Å². The highest BCUT2D eigenvalue weighted by Crippen LogP contribution is 2.37. The van der Waals surface area contributed by atoms with Crippen molar-refractivity contribution < 1.29 is 4.42 Å². The fourth-order valence-electron chi connectivity index (χ4n) is 3.97. The molecule has 0 saturated heterocycles. The fraction of sp³-hybridized carbons (Fsp3) is 0.867. The van der Waals surface area contributed by atoms with Crippen molar-refractivity contribution in [2.45, 2.75) is 70.9 Å². The lowest BCUT2D eigenvalue weighted by atomic mass is 9.86. The van der Waals surface area contributed by atoms with Crippen LogP contribution in [0.15, 0.2) is 4.42 Å². The Morgan fingerprint density at radius 2 is 1.63 bits per heavy atom. The van der Waals surface area contributed by atoms with Gasteiger partial charge in [-0.1, -0.05) is 25.7 Å². The number of hydrogen-bond acceptors (Lipinski definition) is 4. The topological polar surface area (TPSA) is 51.0 Å². The van der Waals surface area contributed by atoms with Crippen molar-refractivity contribution in [2.24, 2.45) is 11.8 Å². The summed E-state index contributed by atoms with van der Waals surface area (Å²) in [5.41, 5.74) is 0. The fourth-order valence-corrected chi connectivity index (χ4v) is 3.97. The van der Waals surface area contributed by atoms with Crippen molar-refractivity contribution >= 4 is 0 Å². The van der Waals surface area contributed by atoms with Crippen LogP contribution in [0.25, 0.3) is 0 Å². The summed E-state index contributed by atoms with van der Waals surface area (Å²) in [5, 5.41) is 11.7. The zero-order chi connectivity index (χ0) is 13.1. The Bertz CT molecular complexity index is 376. The van der Waals surface area contributed by atoms with Crippen molar-refractivity contribution in [2.75, 3.05) is 0 Å². The minimum atomic E-state index is 0.662. The van der Waals surface area contributed by atoms with Crippen molar-refractivity contribution in [3.8, 4) is 0 Å². The van der Waals surface area contributed by atoms with E-state index in [-0.39, 0.29) is 0 Å². The van der Waals surface area contributed by atoms with Gasteiger partial charge in [0.15, 0.2) is 0 Å². The lowest BCUT2D eigenvalue weighted by Crippen LogP contribution is -2.40. The maximum atomic E-state index is 5.47. The van der Waals surface area contributed by atoms with E-state index in [1.54, 1.807) is 0 Å². The molecule has 1 heterocycles.